The molecule has 1 rings (SSSR count). The Morgan fingerprint density at radius 1 is 1.53 bits per heavy atom. The van der Waals surface area contributed by atoms with Gasteiger partial charge in [-0.15, -0.1) is 0 Å². The van der Waals surface area contributed by atoms with Crippen molar-refractivity contribution in [3.63, 3.8) is 0 Å². The van der Waals surface area contributed by atoms with Crippen molar-refractivity contribution >= 4 is 6.03 Å². The number of hydrogen-bond acceptors (Lipinski definition) is 1. The molecule has 0 aromatic heterocycles. The topological polar surface area (TPSA) is 32.3 Å². The zero-order valence-electron chi connectivity index (χ0n) is 10.5. The zero-order valence-corrected chi connectivity index (χ0v) is 10.5. The van der Waals surface area contributed by atoms with E-state index in [1.807, 2.05) is 4.90 Å². The molecule has 1 heterocycles. The SMILES string of the molecule is CCC(C)(C)NC(=O)N1CCCC(C)C1. The molecule has 1 fully saturated rings. The van der Waals surface area contributed by atoms with Crippen LogP contribution in [0.2, 0.25) is 0 Å². The van der Waals surface area contributed by atoms with Crippen LogP contribution in [0.5, 0.6) is 0 Å². The van der Waals surface area contributed by atoms with Crippen LogP contribution in [0.4, 0.5) is 4.79 Å². The molecule has 0 radical (unpaired) electrons. The van der Waals surface area contributed by atoms with Gasteiger partial charge in [0, 0.05) is 18.6 Å². The number of piperidine rings is 1. The summed E-state index contributed by atoms with van der Waals surface area (Å²) < 4.78 is 0. The van der Waals surface area contributed by atoms with E-state index < -0.39 is 0 Å². The maximum absolute atomic E-state index is 11.9. The molecule has 1 atom stereocenters. The Kier molecular flexibility index (Phi) is 4.00. The minimum Gasteiger partial charge on any atom is -0.333 e. The van der Waals surface area contributed by atoms with Gasteiger partial charge in [-0.25, -0.2) is 4.79 Å². The third-order valence-corrected chi connectivity index (χ3v) is 3.27. The normalized spacial score (nSPS) is 22.7. The average Bonchev–Trinajstić information content (AvgIpc) is 2.17. The highest BCUT2D eigenvalue weighted by Gasteiger charge is 2.25. The van der Waals surface area contributed by atoms with Crippen LogP contribution in [-0.2, 0) is 0 Å². The maximum atomic E-state index is 11.9. The lowest BCUT2D eigenvalue weighted by Gasteiger charge is -2.34. The highest BCUT2D eigenvalue weighted by Crippen LogP contribution is 2.16. The molecular formula is C12H24N2O. The minimum absolute atomic E-state index is 0.0855. The molecule has 0 saturated carbocycles. The third kappa shape index (κ3) is 3.73. The smallest absolute Gasteiger partial charge is 0.317 e. The predicted octanol–water partition coefficient (Wildman–Crippen LogP) is 2.62. The quantitative estimate of drug-likeness (QED) is 0.749. The molecule has 88 valence electrons. The average molecular weight is 212 g/mol. The molecule has 15 heavy (non-hydrogen) atoms. The summed E-state index contributed by atoms with van der Waals surface area (Å²) in [5.41, 5.74) is -0.0855. The van der Waals surface area contributed by atoms with E-state index >= 15 is 0 Å². The summed E-state index contributed by atoms with van der Waals surface area (Å²) in [7, 11) is 0. The van der Waals surface area contributed by atoms with E-state index in [-0.39, 0.29) is 11.6 Å². The van der Waals surface area contributed by atoms with Crippen LogP contribution in [0.3, 0.4) is 0 Å². The van der Waals surface area contributed by atoms with E-state index in [9.17, 15) is 4.79 Å². The largest absolute Gasteiger partial charge is 0.333 e. The van der Waals surface area contributed by atoms with Gasteiger partial charge in [-0.2, -0.15) is 0 Å². The van der Waals surface area contributed by atoms with Gasteiger partial charge >= 0.3 is 6.03 Å². The number of hydrogen-bond donors (Lipinski definition) is 1. The first-order valence-electron chi connectivity index (χ1n) is 6.01. The molecule has 1 aliphatic rings. The molecule has 0 aromatic rings. The van der Waals surface area contributed by atoms with E-state index in [1.165, 1.54) is 6.42 Å². The molecule has 1 saturated heterocycles. The Balaban J connectivity index is 2.46. The second kappa shape index (κ2) is 4.86. The summed E-state index contributed by atoms with van der Waals surface area (Å²) in [4.78, 5) is 13.9. The van der Waals surface area contributed by atoms with E-state index in [2.05, 4.69) is 33.0 Å². The van der Waals surface area contributed by atoms with Crippen molar-refractivity contribution in [1.82, 2.24) is 10.2 Å². The second-order valence-corrected chi connectivity index (χ2v) is 5.36. The Bertz CT molecular complexity index is 226. The van der Waals surface area contributed by atoms with Gasteiger partial charge in [0.2, 0.25) is 0 Å². The summed E-state index contributed by atoms with van der Waals surface area (Å²) in [6.07, 6.45) is 3.35. The van der Waals surface area contributed by atoms with Gasteiger partial charge in [-0.1, -0.05) is 13.8 Å². The number of urea groups is 1. The molecule has 0 aliphatic carbocycles. The van der Waals surface area contributed by atoms with Crippen LogP contribution in [0, 0.1) is 5.92 Å². The van der Waals surface area contributed by atoms with Crippen molar-refractivity contribution in [3.05, 3.63) is 0 Å². The first-order chi connectivity index (χ1) is 6.94. The third-order valence-electron chi connectivity index (χ3n) is 3.27. The van der Waals surface area contributed by atoms with Crippen LogP contribution in [0.25, 0.3) is 0 Å². The number of carbonyl (C=O) groups is 1. The van der Waals surface area contributed by atoms with Crippen LogP contribution in [-0.4, -0.2) is 29.6 Å². The van der Waals surface area contributed by atoms with Crippen molar-refractivity contribution in [3.8, 4) is 0 Å². The fourth-order valence-corrected chi connectivity index (χ4v) is 1.83. The fraction of sp³-hybridized carbons (Fsp3) is 0.917. The number of carbonyl (C=O) groups excluding carboxylic acids is 1. The molecule has 0 aromatic carbocycles. The number of amides is 2. The van der Waals surface area contributed by atoms with Crippen LogP contribution < -0.4 is 5.32 Å². The van der Waals surface area contributed by atoms with E-state index in [0.717, 1.165) is 25.9 Å². The van der Waals surface area contributed by atoms with Gasteiger partial charge in [-0.05, 0) is 39.0 Å². The highest BCUT2D eigenvalue weighted by atomic mass is 16.2. The van der Waals surface area contributed by atoms with Crippen molar-refractivity contribution in [1.29, 1.82) is 0 Å². The monoisotopic (exact) mass is 212 g/mol. The van der Waals surface area contributed by atoms with Gasteiger partial charge < -0.3 is 10.2 Å². The van der Waals surface area contributed by atoms with Gasteiger partial charge in [0.05, 0.1) is 0 Å². The first kappa shape index (κ1) is 12.3. The van der Waals surface area contributed by atoms with Crippen molar-refractivity contribution in [2.24, 2.45) is 5.92 Å². The molecule has 1 N–H and O–H groups in total. The number of rotatable bonds is 2. The maximum Gasteiger partial charge on any atom is 0.317 e. The van der Waals surface area contributed by atoms with Crippen molar-refractivity contribution < 1.29 is 4.79 Å². The summed E-state index contributed by atoms with van der Waals surface area (Å²) in [5, 5.41) is 3.08. The molecule has 3 nitrogen and oxygen atoms in total. The predicted molar refractivity (Wildman–Crippen MR) is 62.9 cm³/mol. The Labute approximate surface area is 93.2 Å². The Morgan fingerprint density at radius 2 is 2.20 bits per heavy atom. The van der Waals surface area contributed by atoms with Gasteiger partial charge in [0.1, 0.15) is 0 Å². The first-order valence-corrected chi connectivity index (χ1v) is 6.01. The van der Waals surface area contributed by atoms with Gasteiger partial charge in [0.15, 0.2) is 0 Å². The fourth-order valence-electron chi connectivity index (χ4n) is 1.83. The molecule has 1 aliphatic heterocycles. The Hall–Kier alpha value is -0.730. The zero-order chi connectivity index (χ0) is 11.5. The molecular weight excluding hydrogens is 188 g/mol. The summed E-state index contributed by atoms with van der Waals surface area (Å²) >= 11 is 0. The standard InChI is InChI=1S/C12H24N2O/c1-5-12(3,4)13-11(15)14-8-6-7-10(2)9-14/h10H,5-9H2,1-4H3,(H,13,15). The Morgan fingerprint density at radius 3 is 2.73 bits per heavy atom. The van der Waals surface area contributed by atoms with Crippen LogP contribution in [0.15, 0.2) is 0 Å². The summed E-state index contributed by atoms with van der Waals surface area (Å²) in [5.74, 6) is 0.647. The van der Waals surface area contributed by atoms with E-state index in [4.69, 9.17) is 0 Å². The molecule has 2 amide bonds. The number of likely N-dealkylation sites (tertiary alicyclic amines) is 1. The van der Waals surface area contributed by atoms with Gasteiger partial charge in [0.25, 0.3) is 0 Å². The van der Waals surface area contributed by atoms with Gasteiger partial charge in [-0.3, -0.25) is 0 Å². The lowest BCUT2D eigenvalue weighted by Crippen LogP contribution is -2.52. The molecule has 0 bridgehead atoms. The lowest BCUT2D eigenvalue weighted by molar-refractivity contribution is 0.160. The van der Waals surface area contributed by atoms with Crippen molar-refractivity contribution in [2.45, 2.75) is 52.5 Å². The van der Waals surface area contributed by atoms with Crippen molar-refractivity contribution in [2.75, 3.05) is 13.1 Å². The van der Waals surface area contributed by atoms with E-state index in [1.54, 1.807) is 0 Å². The number of nitrogens with zero attached hydrogens (tertiary/aromatic N) is 1. The molecule has 1 unspecified atom stereocenters. The van der Waals surface area contributed by atoms with E-state index in [0.29, 0.717) is 5.92 Å². The highest BCUT2D eigenvalue weighted by molar-refractivity contribution is 5.75. The second-order valence-electron chi connectivity index (χ2n) is 5.36. The lowest BCUT2D eigenvalue weighted by atomic mass is 10.00. The van der Waals surface area contributed by atoms with Crippen LogP contribution >= 0.6 is 0 Å². The summed E-state index contributed by atoms with van der Waals surface area (Å²) in [6.45, 7) is 10.3. The molecule has 3 heteroatoms. The molecule has 0 spiro atoms. The van der Waals surface area contributed by atoms with Crippen LogP contribution in [0.1, 0.15) is 47.0 Å². The minimum atomic E-state index is -0.0855. The number of nitrogens with one attached hydrogen (secondary N) is 1. The summed E-state index contributed by atoms with van der Waals surface area (Å²) in [6, 6.07) is 0.105.